The highest BCUT2D eigenvalue weighted by molar-refractivity contribution is 7.90. The monoisotopic (exact) mass is 688 g/mol. The van der Waals surface area contributed by atoms with Gasteiger partial charge in [0.2, 0.25) is 20.0 Å². The Hall–Kier alpha value is -5.42. The van der Waals surface area contributed by atoms with Gasteiger partial charge in [-0.15, -0.1) is 0 Å². The van der Waals surface area contributed by atoms with Gasteiger partial charge in [-0.05, 0) is 59.3 Å². The molecule has 0 fully saturated rings. The fourth-order valence-corrected chi connectivity index (χ4v) is 8.08. The van der Waals surface area contributed by atoms with Gasteiger partial charge in [0.25, 0.3) is 11.4 Å². The number of nitrogens with one attached hydrogen (secondary N) is 2. The molecule has 0 aliphatic carbocycles. The summed E-state index contributed by atoms with van der Waals surface area (Å²) < 4.78 is 64.3. The second kappa shape index (κ2) is 13.0. The van der Waals surface area contributed by atoms with Crippen molar-refractivity contribution in [1.29, 1.82) is 0 Å². The Labute approximate surface area is 274 Å². The summed E-state index contributed by atoms with van der Waals surface area (Å²) in [6, 6.07) is 25.0. The smallest absolute Gasteiger partial charge is 0.269 e. The Morgan fingerprint density at radius 2 is 0.896 bits per heavy atom. The van der Waals surface area contributed by atoms with Crippen molar-refractivity contribution in [1.82, 2.24) is 18.6 Å². The van der Waals surface area contributed by atoms with Gasteiger partial charge in [-0.25, -0.2) is 26.3 Å². The minimum atomic E-state index is -4.37. The number of hydrogen-bond acceptors (Lipinski definition) is 8. The summed E-state index contributed by atoms with van der Waals surface area (Å²) in [4.78, 5) is 20.6. The maximum absolute atomic E-state index is 13.8. The summed E-state index contributed by atoms with van der Waals surface area (Å²) in [5.74, 6) is 0. The number of rotatable bonds is 13. The van der Waals surface area contributed by atoms with Crippen LogP contribution in [0.5, 0.6) is 0 Å². The van der Waals surface area contributed by atoms with Crippen LogP contribution in [0.15, 0.2) is 131 Å². The van der Waals surface area contributed by atoms with E-state index < -0.39 is 42.0 Å². The predicted molar refractivity (Wildman–Crippen MR) is 178 cm³/mol. The standard InChI is InChI=1S/C32H28N6O8S2/c39-37(40)25-9-13-27(14-10-25)47(43,44)33-29(21-35-19-17-23-5-1-3-7-31(23)35)30(22-36-20-18-24-6-2-4-8-32(24)36)34-48(45,46)28-15-11-26(12-16-28)38(41)42/h1-20,29-30,33-34H,21-22H2/t29-,30-/m1/s1. The first-order valence-electron chi connectivity index (χ1n) is 14.5. The number of nitro groups is 2. The number of benzene rings is 4. The summed E-state index contributed by atoms with van der Waals surface area (Å²) in [5.41, 5.74) is 0.968. The van der Waals surface area contributed by atoms with Crippen LogP contribution in [-0.2, 0) is 33.1 Å². The van der Waals surface area contributed by atoms with E-state index in [1.54, 1.807) is 21.5 Å². The summed E-state index contributed by atoms with van der Waals surface area (Å²) >= 11 is 0. The molecule has 14 nitrogen and oxygen atoms in total. The third-order valence-electron chi connectivity index (χ3n) is 7.96. The lowest BCUT2D eigenvalue weighted by atomic mass is 10.1. The Morgan fingerprint density at radius 3 is 1.25 bits per heavy atom. The van der Waals surface area contributed by atoms with E-state index in [2.05, 4.69) is 9.44 Å². The molecule has 0 saturated heterocycles. The molecule has 2 atom stereocenters. The zero-order valence-corrected chi connectivity index (χ0v) is 26.6. The number of fused-ring (bicyclic) bond motifs is 2. The average Bonchev–Trinajstić information content (AvgIpc) is 3.68. The highest BCUT2D eigenvalue weighted by atomic mass is 32.2. The van der Waals surface area contributed by atoms with Crippen LogP contribution in [0.2, 0.25) is 0 Å². The third kappa shape index (κ3) is 6.82. The van der Waals surface area contributed by atoms with E-state index in [1.165, 1.54) is 0 Å². The lowest BCUT2D eigenvalue weighted by Crippen LogP contribution is -2.55. The van der Waals surface area contributed by atoms with E-state index in [0.717, 1.165) is 70.3 Å². The molecule has 0 amide bonds. The van der Waals surface area contributed by atoms with Crippen LogP contribution in [0.25, 0.3) is 21.8 Å². The number of nitrogens with zero attached hydrogens (tertiary/aromatic N) is 4. The number of nitro benzene ring substituents is 2. The van der Waals surface area contributed by atoms with Crippen molar-refractivity contribution in [2.75, 3.05) is 0 Å². The lowest BCUT2D eigenvalue weighted by molar-refractivity contribution is -0.385. The van der Waals surface area contributed by atoms with Crippen molar-refractivity contribution in [3.05, 3.63) is 142 Å². The largest absolute Gasteiger partial charge is 0.346 e. The normalized spacial score (nSPS) is 13.4. The van der Waals surface area contributed by atoms with E-state index >= 15 is 0 Å². The Morgan fingerprint density at radius 1 is 0.542 bits per heavy atom. The second-order valence-corrected chi connectivity index (χ2v) is 14.4. The summed E-state index contributed by atoms with van der Waals surface area (Å²) in [7, 11) is -8.73. The van der Waals surface area contributed by atoms with Gasteiger partial charge >= 0.3 is 0 Å². The molecule has 2 heterocycles. The van der Waals surface area contributed by atoms with E-state index in [-0.39, 0.29) is 34.3 Å². The van der Waals surface area contributed by atoms with Crippen molar-refractivity contribution in [3.8, 4) is 0 Å². The summed E-state index contributed by atoms with van der Waals surface area (Å²) in [6.07, 6.45) is 3.54. The average molecular weight is 689 g/mol. The van der Waals surface area contributed by atoms with Crippen molar-refractivity contribution >= 4 is 53.2 Å². The molecule has 16 heteroatoms. The van der Waals surface area contributed by atoms with Gasteiger partial charge in [-0.2, -0.15) is 0 Å². The molecule has 6 aromatic rings. The molecular formula is C32H28N6O8S2. The second-order valence-electron chi connectivity index (χ2n) is 11.0. The number of non-ortho nitro benzene ring substituents is 2. The quantitative estimate of drug-likeness (QED) is 0.128. The van der Waals surface area contributed by atoms with Crippen molar-refractivity contribution in [3.63, 3.8) is 0 Å². The van der Waals surface area contributed by atoms with Crippen LogP contribution in [0, 0.1) is 20.2 Å². The van der Waals surface area contributed by atoms with Crippen molar-refractivity contribution < 1.29 is 26.7 Å². The fourth-order valence-electron chi connectivity index (χ4n) is 5.55. The molecule has 246 valence electrons. The molecule has 0 aliphatic heterocycles. The molecule has 0 radical (unpaired) electrons. The van der Waals surface area contributed by atoms with Gasteiger partial charge in [0, 0.05) is 60.8 Å². The van der Waals surface area contributed by atoms with Gasteiger partial charge in [-0.3, -0.25) is 20.2 Å². The Balaban J connectivity index is 1.44. The molecule has 48 heavy (non-hydrogen) atoms. The zero-order valence-electron chi connectivity index (χ0n) is 25.0. The van der Waals surface area contributed by atoms with E-state index in [9.17, 15) is 37.1 Å². The van der Waals surface area contributed by atoms with E-state index in [4.69, 9.17) is 0 Å². The van der Waals surface area contributed by atoms with Gasteiger partial charge < -0.3 is 9.13 Å². The van der Waals surface area contributed by atoms with Gasteiger partial charge in [0.15, 0.2) is 0 Å². The molecule has 0 bridgehead atoms. The van der Waals surface area contributed by atoms with Crippen LogP contribution in [0.3, 0.4) is 0 Å². The number of sulfonamides is 2. The zero-order chi connectivity index (χ0) is 34.1. The SMILES string of the molecule is O=[N+]([O-])c1ccc(S(=O)(=O)N[C@H](Cn2ccc3ccccc32)[C@@H](Cn2ccc3ccccc32)NS(=O)(=O)c2ccc([N+](=O)[O-])cc2)cc1. The fraction of sp³-hybridized carbons (Fsp3) is 0.125. The lowest BCUT2D eigenvalue weighted by Gasteiger charge is -2.30. The Bertz CT molecular complexity index is 2190. The minimum Gasteiger partial charge on any atom is -0.346 e. The van der Waals surface area contributed by atoms with Crippen LogP contribution in [0.4, 0.5) is 11.4 Å². The first kappa shape index (κ1) is 32.5. The topological polar surface area (TPSA) is 188 Å². The summed E-state index contributed by atoms with van der Waals surface area (Å²) in [6.45, 7) is -0.0429. The molecule has 0 unspecified atom stereocenters. The molecule has 0 saturated carbocycles. The van der Waals surface area contributed by atoms with Crippen LogP contribution in [-0.4, -0.2) is 47.9 Å². The van der Waals surface area contributed by atoms with Gasteiger partial charge in [-0.1, -0.05) is 36.4 Å². The van der Waals surface area contributed by atoms with Crippen LogP contribution in [0.1, 0.15) is 0 Å². The predicted octanol–water partition coefficient (Wildman–Crippen LogP) is 4.81. The maximum atomic E-state index is 13.8. The summed E-state index contributed by atoms with van der Waals surface area (Å²) in [5, 5.41) is 24.2. The molecule has 6 rings (SSSR count). The maximum Gasteiger partial charge on any atom is 0.269 e. The third-order valence-corrected chi connectivity index (χ3v) is 11.0. The van der Waals surface area contributed by atoms with Crippen LogP contribution >= 0.6 is 0 Å². The number of para-hydroxylation sites is 2. The molecule has 2 N–H and O–H groups in total. The highest BCUT2D eigenvalue weighted by Crippen LogP contribution is 2.23. The van der Waals surface area contributed by atoms with Crippen molar-refractivity contribution in [2.24, 2.45) is 0 Å². The van der Waals surface area contributed by atoms with Gasteiger partial charge in [0.05, 0.1) is 31.7 Å². The molecule has 2 aromatic heterocycles. The number of aromatic nitrogens is 2. The molecular weight excluding hydrogens is 661 g/mol. The van der Waals surface area contributed by atoms with Gasteiger partial charge in [0.1, 0.15) is 0 Å². The van der Waals surface area contributed by atoms with Crippen LogP contribution < -0.4 is 9.44 Å². The Kier molecular flexibility index (Phi) is 8.81. The molecule has 4 aromatic carbocycles. The number of hydrogen-bond donors (Lipinski definition) is 2. The van der Waals surface area contributed by atoms with E-state index in [1.807, 2.05) is 60.7 Å². The first-order chi connectivity index (χ1) is 22.9. The molecule has 0 spiro atoms. The minimum absolute atomic E-state index is 0.0215. The first-order valence-corrected chi connectivity index (χ1v) is 17.5. The highest BCUT2D eigenvalue weighted by Gasteiger charge is 2.33. The molecule has 0 aliphatic rings. The van der Waals surface area contributed by atoms with Crippen molar-refractivity contribution in [2.45, 2.75) is 35.0 Å². The van der Waals surface area contributed by atoms with E-state index in [0.29, 0.717) is 0 Å².